The number of phosphoric ester groups is 2. The van der Waals surface area contributed by atoms with Crippen LogP contribution >= 0.6 is 15.6 Å². The molecule has 0 saturated heterocycles. The number of hydrogen-bond donors (Lipinski definition) is 3. The molecule has 0 aromatic heterocycles. The van der Waals surface area contributed by atoms with Crippen molar-refractivity contribution in [2.45, 2.75) is 497 Å². The molecule has 0 amide bonds. The molecular formula is C90H176O17P2. The van der Waals surface area contributed by atoms with Crippen LogP contribution in [0.4, 0.5) is 0 Å². The molecule has 0 fully saturated rings. The maximum Gasteiger partial charge on any atom is 0.472 e. The van der Waals surface area contributed by atoms with Gasteiger partial charge in [-0.05, 0) is 43.4 Å². The van der Waals surface area contributed by atoms with Crippen molar-refractivity contribution in [2.75, 3.05) is 39.6 Å². The first-order chi connectivity index (χ1) is 52.8. The van der Waals surface area contributed by atoms with E-state index in [0.29, 0.717) is 25.7 Å². The summed E-state index contributed by atoms with van der Waals surface area (Å²) in [7, 11) is -9.93. The predicted octanol–water partition coefficient (Wildman–Crippen LogP) is 27.6. The normalized spacial score (nSPS) is 14.1. The summed E-state index contributed by atoms with van der Waals surface area (Å²) in [5.74, 6) is 0.393. The molecule has 17 nitrogen and oxygen atoms in total. The number of rotatable bonds is 88. The Hall–Kier alpha value is -1.94. The quantitative estimate of drug-likeness (QED) is 0.0222. The number of hydrogen-bond acceptors (Lipinski definition) is 15. The first-order valence-corrected chi connectivity index (χ1v) is 49.4. The van der Waals surface area contributed by atoms with Crippen LogP contribution < -0.4 is 0 Å². The fourth-order valence-electron chi connectivity index (χ4n) is 14.0. The third kappa shape index (κ3) is 82.4. The minimum Gasteiger partial charge on any atom is -0.462 e. The lowest BCUT2D eigenvalue weighted by atomic mass is 9.99. The molecule has 3 N–H and O–H groups in total. The van der Waals surface area contributed by atoms with Crippen LogP contribution in [0.3, 0.4) is 0 Å². The second-order valence-corrected chi connectivity index (χ2v) is 36.4. The zero-order valence-corrected chi connectivity index (χ0v) is 73.8. The van der Waals surface area contributed by atoms with Gasteiger partial charge in [0.05, 0.1) is 26.4 Å². The number of carbonyl (C=O) groups excluding carboxylic acids is 4. The molecule has 0 heterocycles. The van der Waals surface area contributed by atoms with Crippen LogP contribution in [0.15, 0.2) is 0 Å². The SMILES string of the molecule is CCCCCCCCCCCC(=O)OC[C@H](COP(=O)(O)OC[C@H](O)COP(=O)(O)OC[C@@H](COC(=O)CCCCCCCCCCCCCCCCCCC(C)C)OC(=O)CCCCCCCCCCCCCCCCCCCCC(C)CC)OC(=O)CCCCCCCCCCCCCCCCCCC(C)C. The summed E-state index contributed by atoms with van der Waals surface area (Å²) in [5.41, 5.74) is 0. The second-order valence-electron chi connectivity index (χ2n) is 33.5. The first kappa shape index (κ1) is 107. The van der Waals surface area contributed by atoms with Crippen LogP contribution in [0.25, 0.3) is 0 Å². The molecule has 0 rings (SSSR count). The first-order valence-electron chi connectivity index (χ1n) is 46.4. The van der Waals surface area contributed by atoms with E-state index >= 15 is 0 Å². The summed E-state index contributed by atoms with van der Waals surface area (Å²) in [4.78, 5) is 73.3. The Morgan fingerprint density at radius 3 is 0.697 bits per heavy atom. The maximum absolute atomic E-state index is 13.2. The zero-order valence-electron chi connectivity index (χ0n) is 72.0. The molecule has 0 aromatic carbocycles. The van der Waals surface area contributed by atoms with Gasteiger partial charge in [-0.3, -0.25) is 37.3 Å². The molecule has 648 valence electrons. The van der Waals surface area contributed by atoms with Crippen LogP contribution in [0.1, 0.15) is 479 Å². The van der Waals surface area contributed by atoms with Crippen LogP contribution in [-0.2, 0) is 65.4 Å². The molecule has 0 aliphatic carbocycles. The molecular weight excluding hydrogens is 1410 g/mol. The summed E-state index contributed by atoms with van der Waals surface area (Å²) < 4.78 is 69.0. The predicted molar refractivity (Wildman–Crippen MR) is 451 cm³/mol. The van der Waals surface area contributed by atoms with Gasteiger partial charge in [0, 0.05) is 25.7 Å². The van der Waals surface area contributed by atoms with Crippen LogP contribution in [0, 0.1) is 17.8 Å². The van der Waals surface area contributed by atoms with Gasteiger partial charge in [-0.2, -0.15) is 0 Å². The lowest BCUT2D eigenvalue weighted by Crippen LogP contribution is -2.30. The molecule has 0 saturated carbocycles. The van der Waals surface area contributed by atoms with Gasteiger partial charge in [0.15, 0.2) is 12.2 Å². The van der Waals surface area contributed by atoms with Crippen molar-refractivity contribution in [3.8, 4) is 0 Å². The van der Waals surface area contributed by atoms with E-state index in [1.165, 1.54) is 289 Å². The minimum atomic E-state index is -4.97. The average Bonchev–Trinajstić information content (AvgIpc) is 0.905. The van der Waals surface area contributed by atoms with Crippen molar-refractivity contribution >= 4 is 39.5 Å². The fraction of sp³-hybridized carbons (Fsp3) is 0.956. The standard InChI is InChI=1S/C90H176O17P2/c1-8-10-11-12-13-40-50-57-64-71-87(92)100-77-85(106-89(94)73-67-60-53-46-39-33-27-21-19-23-29-35-42-48-55-62-69-82(5)6)79-104-108(96,97)102-75-84(91)76-103-109(98,99)105-80-86(78-101-88(93)72-65-58-51-44-37-31-25-20-18-22-28-34-41-47-54-61-68-81(3)4)107-90(95)74-66-59-52-45-38-32-26-17-15-14-16-24-30-36-43-49-56-63-70-83(7)9-2/h81-86,91H,8-80H2,1-7H3,(H,96,97)(H,98,99)/t83?,84-,85+,86+/m0/s1. The summed E-state index contributed by atoms with van der Waals surface area (Å²) in [6.07, 6.45) is 72.2. The molecule has 0 aliphatic heterocycles. The smallest absolute Gasteiger partial charge is 0.462 e. The van der Waals surface area contributed by atoms with E-state index in [2.05, 4.69) is 48.5 Å². The monoisotopic (exact) mass is 1590 g/mol. The highest BCUT2D eigenvalue weighted by Crippen LogP contribution is 2.45. The number of aliphatic hydroxyl groups excluding tert-OH is 1. The van der Waals surface area contributed by atoms with Crippen LogP contribution in [0.2, 0.25) is 0 Å². The molecule has 0 aliphatic rings. The van der Waals surface area contributed by atoms with Crippen molar-refractivity contribution in [1.29, 1.82) is 0 Å². The van der Waals surface area contributed by atoms with Crippen molar-refractivity contribution in [3.05, 3.63) is 0 Å². The van der Waals surface area contributed by atoms with E-state index in [4.69, 9.17) is 37.0 Å². The van der Waals surface area contributed by atoms with Gasteiger partial charge in [0.1, 0.15) is 19.3 Å². The van der Waals surface area contributed by atoms with Crippen molar-refractivity contribution in [2.24, 2.45) is 17.8 Å². The summed E-state index contributed by atoms with van der Waals surface area (Å²) in [6, 6.07) is 0. The number of carbonyl (C=O) groups is 4. The summed E-state index contributed by atoms with van der Waals surface area (Å²) in [6.45, 7) is 12.1. The lowest BCUT2D eigenvalue weighted by Gasteiger charge is -2.21. The van der Waals surface area contributed by atoms with Crippen molar-refractivity contribution < 1.29 is 80.2 Å². The van der Waals surface area contributed by atoms with Gasteiger partial charge in [0.25, 0.3) is 0 Å². The zero-order chi connectivity index (χ0) is 80.0. The van der Waals surface area contributed by atoms with E-state index in [1.807, 2.05) is 0 Å². The largest absolute Gasteiger partial charge is 0.472 e. The van der Waals surface area contributed by atoms with Gasteiger partial charge in [-0.25, -0.2) is 9.13 Å². The Morgan fingerprint density at radius 2 is 0.468 bits per heavy atom. The third-order valence-electron chi connectivity index (χ3n) is 21.5. The Bertz CT molecular complexity index is 2100. The highest BCUT2D eigenvalue weighted by Gasteiger charge is 2.31. The van der Waals surface area contributed by atoms with Gasteiger partial charge in [-0.15, -0.1) is 0 Å². The van der Waals surface area contributed by atoms with Gasteiger partial charge < -0.3 is 33.8 Å². The Labute approximate surface area is 670 Å². The number of ether oxygens (including phenoxy) is 4. The molecule has 0 aromatic rings. The number of esters is 4. The number of phosphoric acid groups is 2. The van der Waals surface area contributed by atoms with E-state index in [-0.39, 0.29) is 25.7 Å². The Balaban J connectivity index is 5.20. The van der Waals surface area contributed by atoms with Crippen molar-refractivity contribution in [3.63, 3.8) is 0 Å². The maximum atomic E-state index is 13.2. The molecule has 0 radical (unpaired) electrons. The summed E-state index contributed by atoms with van der Waals surface area (Å²) in [5, 5.41) is 10.7. The molecule has 109 heavy (non-hydrogen) atoms. The second kappa shape index (κ2) is 79.9. The van der Waals surface area contributed by atoms with Crippen LogP contribution in [-0.4, -0.2) is 96.7 Å². The van der Waals surface area contributed by atoms with E-state index in [1.54, 1.807) is 0 Å². The average molecular weight is 1590 g/mol. The topological polar surface area (TPSA) is 237 Å². The summed E-state index contributed by atoms with van der Waals surface area (Å²) >= 11 is 0. The molecule has 19 heteroatoms. The fourth-order valence-corrected chi connectivity index (χ4v) is 15.6. The number of unbranched alkanes of at least 4 members (excludes halogenated alkanes) is 55. The molecule has 0 bridgehead atoms. The molecule has 3 unspecified atom stereocenters. The van der Waals surface area contributed by atoms with Crippen molar-refractivity contribution in [1.82, 2.24) is 0 Å². The van der Waals surface area contributed by atoms with E-state index < -0.39 is 97.5 Å². The Kier molecular flexibility index (Phi) is 78.5. The van der Waals surface area contributed by atoms with E-state index in [0.717, 1.165) is 108 Å². The van der Waals surface area contributed by atoms with E-state index in [9.17, 15) is 43.2 Å². The number of aliphatic hydroxyl groups is 1. The third-order valence-corrected chi connectivity index (χ3v) is 23.4. The van der Waals surface area contributed by atoms with Gasteiger partial charge in [-0.1, -0.05) is 427 Å². The molecule has 6 atom stereocenters. The Morgan fingerprint density at radius 1 is 0.266 bits per heavy atom. The van der Waals surface area contributed by atoms with Gasteiger partial charge >= 0.3 is 39.5 Å². The van der Waals surface area contributed by atoms with Crippen LogP contribution in [0.5, 0.6) is 0 Å². The van der Waals surface area contributed by atoms with Gasteiger partial charge in [0.2, 0.25) is 0 Å². The lowest BCUT2D eigenvalue weighted by molar-refractivity contribution is -0.161. The highest BCUT2D eigenvalue weighted by atomic mass is 31.2. The highest BCUT2D eigenvalue weighted by molar-refractivity contribution is 7.47. The molecule has 0 spiro atoms. The minimum absolute atomic E-state index is 0.108.